The number of anilines is 2. The molecule has 3 N–H and O–H groups in total. The molecular formula is C21H25N3O2. The molecule has 0 spiro atoms. The summed E-state index contributed by atoms with van der Waals surface area (Å²) in [5.74, 6) is 0.651. The molecule has 0 bridgehead atoms. The molecule has 0 radical (unpaired) electrons. The fourth-order valence-corrected chi connectivity index (χ4v) is 3.65. The maximum absolute atomic E-state index is 13.0. The lowest BCUT2D eigenvalue weighted by molar-refractivity contribution is 0.0624. The Morgan fingerprint density at radius 3 is 2.42 bits per heavy atom. The zero-order valence-corrected chi connectivity index (χ0v) is 15.2. The Bertz CT molecular complexity index is 808. The van der Waals surface area contributed by atoms with Crippen LogP contribution in [0.3, 0.4) is 0 Å². The first-order valence-electron chi connectivity index (χ1n) is 8.99. The topological polar surface area (TPSA) is 75.4 Å². The molecule has 0 aromatic heterocycles. The van der Waals surface area contributed by atoms with Gasteiger partial charge in [-0.05, 0) is 48.6 Å². The van der Waals surface area contributed by atoms with Crippen LogP contribution in [0.1, 0.15) is 41.0 Å². The van der Waals surface area contributed by atoms with Crippen LogP contribution in [0.25, 0.3) is 0 Å². The normalized spacial score (nSPS) is 19.8. The number of nitrogens with zero attached hydrogens (tertiary/aromatic N) is 1. The van der Waals surface area contributed by atoms with Crippen LogP contribution in [0.15, 0.2) is 48.5 Å². The van der Waals surface area contributed by atoms with Crippen molar-refractivity contribution in [3.05, 3.63) is 59.7 Å². The van der Waals surface area contributed by atoms with Crippen LogP contribution >= 0.6 is 0 Å². The molecule has 1 aliphatic rings. The van der Waals surface area contributed by atoms with Crippen molar-refractivity contribution in [2.75, 3.05) is 24.1 Å². The van der Waals surface area contributed by atoms with Crippen molar-refractivity contribution in [2.45, 2.75) is 20.3 Å². The number of hydrogen-bond acceptors (Lipinski definition) is 3. The Hall–Kier alpha value is -2.82. The van der Waals surface area contributed by atoms with Gasteiger partial charge in [0.05, 0.1) is 11.3 Å². The molecule has 0 aliphatic carbocycles. The number of para-hydroxylation sites is 1. The molecule has 2 atom stereocenters. The van der Waals surface area contributed by atoms with Crippen molar-refractivity contribution in [1.82, 2.24) is 4.90 Å². The van der Waals surface area contributed by atoms with Crippen molar-refractivity contribution in [1.29, 1.82) is 0 Å². The molecule has 1 aliphatic heterocycles. The van der Waals surface area contributed by atoms with E-state index in [1.54, 1.807) is 36.4 Å². The molecule has 1 saturated heterocycles. The van der Waals surface area contributed by atoms with Gasteiger partial charge in [0.1, 0.15) is 0 Å². The van der Waals surface area contributed by atoms with E-state index in [4.69, 9.17) is 5.73 Å². The van der Waals surface area contributed by atoms with E-state index in [0.717, 1.165) is 19.5 Å². The van der Waals surface area contributed by atoms with Crippen molar-refractivity contribution < 1.29 is 9.59 Å². The van der Waals surface area contributed by atoms with Crippen LogP contribution in [-0.4, -0.2) is 29.8 Å². The number of likely N-dealkylation sites (tertiary alicyclic amines) is 1. The smallest absolute Gasteiger partial charge is 0.255 e. The Morgan fingerprint density at radius 2 is 1.73 bits per heavy atom. The quantitative estimate of drug-likeness (QED) is 0.829. The predicted molar refractivity (Wildman–Crippen MR) is 104 cm³/mol. The van der Waals surface area contributed by atoms with Gasteiger partial charge in [0.25, 0.3) is 11.8 Å². The summed E-state index contributed by atoms with van der Waals surface area (Å²) in [7, 11) is 0. The molecule has 2 amide bonds. The Kier molecular flexibility index (Phi) is 5.26. The minimum absolute atomic E-state index is 0.0353. The van der Waals surface area contributed by atoms with E-state index in [1.807, 2.05) is 17.0 Å². The number of nitrogen functional groups attached to an aromatic ring is 1. The maximum Gasteiger partial charge on any atom is 0.255 e. The largest absolute Gasteiger partial charge is 0.399 e. The van der Waals surface area contributed by atoms with Gasteiger partial charge in [-0.2, -0.15) is 0 Å². The zero-order chi connectivity index (χ0) is 18.7. The van der Waals surface area contributed by atoms with Crippen LogP contribution in [0.5, 0.6) is 0 Å². The first-order chi connectivity index (χ1) is 12.4. The van der Waals surface area contributed by atoms with Gasteiger partial charge in [-0.3, -0.25) is 9.59 Å². The van der Waals surface area contributed by atoms with Crippen molar-refractivity contribution in [3.63, 3.8) is 0 Å². The number of piperidine rings is 1. The fraction of sp³-hybridized carbons (Fsp3) is 0.333. The van der Waals surface area contributed by atoms with Crippen molar-refractivity contribution in [2.24, 2.45) is 11.8 Å². The van der Waals surface area contributed by atoms with E-state index >= 15 is 0 Å². The second-order valence-corrected chi connectivity index (χ2v) is 7.28. The number of carbonyl (C=O) groups excluding carboxylic acids is 2. The molecule has 26 heavy (non-hydrogen) atoms. The SMILES string of the molecule is CC1CC(C)CN(C(=O)c2ccccc2NC(=O)c2cccc(N)c2)C1. The minimum atomic E-state index is -0.280. The second-order valence-electron chi connectivity index (χ2n) is 7.28. The first-order valence-corrected chi connectivity index (χ1v) is 8.99. The van der Waals surface area contributed by atoms with Gasteiger partial charge in [0.15, 0.2) is 0 Å². The molecule has 1 fully saturated rings. The molecule has 2 aromatic rings. The van der Waals surface area contributed by atoms with Crippen LogP contribution in [0.4, 0.5) is 11.4 Å². The minimum Gasteiger partial charge on any atom is -0.399 e. The number of nitrogens with one attached hydrogen (secondary N) is 1. The van der Waals surface area contributed by atoms with Gasteiger partial charge in [-0.25, -0.2) is 0 Å². The van der Waals surface area contributed by atoms with Gasteiger partial charge in [-0.1, -0.05) is 32.0 Å². The molecule has 5 heteroatoms. The van der Waals surface area contributed by atoms with Crippen LogP contribution < -0.4 is 11.1 Å². The number of carbonyl (C=O) groups is 2. The summed E-state index contributed by atoms with van der Waals surface area (Å²) in [6, 6.07) is 13.9. The third-order valence-electron chi connectivity index (χ3n) is 4.71. The molecule has 1 heterocycles. The number of nitrogens with two attached hydrogens (primary N) is 1. The van der Waals surface area contributed by atoms with E-state index in [2.05, 4.69) is 19.2 Å². The molecular weight excluding hydrogens is 326 g/mol. The molecule has 136 valence electrons. The number of amides is 2. The molecule has 5 nitrogen and oxygen atoms in total. The molecule has 3 rings (SSSR count). The number of rotatable bonds is 3. The lowest BCUT2D eigenvalue weighted by atomic mass is 9.91. The van der Waals surface area contributed by atoms with E-state index in [0.29, 0.717) is 34.3 Å². The summed E-state index contributed by atoms with van der Waals surface area (Å²) < 4.78 is 0. The highest BCUT2D eigenvalue weighted by Gasteiger charge is 2.27. The number of hydrogen-bond donors (Lipinski definition) is 2. The second kappa shape index (κ2) is 7.60. The molecule has 2 unspecified atom stereocenters. The highest BCUT2D eigenvalue weighted by molar-refractivity contribution is 6.09. The Labute approximate surface area is 154 Å². The third-order valence-corrected chi connectivity index (χ3v) is 4.71. The van der Waals surface area contributed by atoms with Gasteiger partial charge >= 0.3 is 0 Å². The van der Waals surface area contributed by atoms with Gasteiger partial charge in [0.2, 0.25) is 0 Å². The lowest BCUT2D eigenvalue weighted by Gasteiger charge is -2.35. The fourth-order valence-electron chi connectivity index (χ4n) is 3.65. The first kappa shape index (κ1) is 18.0. The van der Waals surface area contributed by atoms with Crippen molar-refractivity contribution >= 4 is 23.2 Å². The molecule has 0 saturated carbocycles. The average Bonchev–Trinajstić information content (AvgIpc) is 2.61. The monoisotopic (exact) mass is 351 g/mol. The van der Waals surface area contributed by atoms with E-state index < -0.39 is 0 Å². The average molecular weight is 351 g/mol. The van der Waals surface area contributed by atoms with E-state index in [-0.39, 0.29) is 11.8 Å². The zero-order valence-electron chi connectivity index (χ0n) is 15.2. The lowest BCUT2D eigenvalue weighted by Crippen LogP contribution is -2.42. The molecule has 2 aromatic carbocycles. The standard InChI is InChI=1S/C21H25N3O2/c1-14-10-15(2)13-24(12-14)21(26)18-8-3-4-9-19(18)23-20(25)16-6-5-7-17(22)11-16/h3-9,11,14-15H,10,12-13,22H2,1-2H3,(H,23,25). The predicted octanol–water partition coefficient (Wildman–Crippen LogP) is 3.64. The Morgan fingerprint density at radius 1 is 1.04 bits per heavy atom. The third kappa shape index (κ3) is 4.04. The van der Waals surface area contributed by atoms with Gasteiger partial charge in [0, 0.05) is 24.3 Å². The highest BCUT2D eigenvalue weighted by Crippen LogP contribution is 2.25. The summed E-state index contributed by atoms with van der Waals surface area (Å²) >= 11 is 0. The summed E-state index contributed by atoms with van der Waals surface area (Å²) in [6.45, 7) is 5.84. The summed E-state index contributed by atoms with van der Waals surface area (Å²) in [4.78, 5) is 27.5. The number of benzene rings is 2. The van der Waals surface area contributed by atoms with Gasteiger partial charge < -0.3 is 16.0 Å². The van der Waals surface area contributed by atoms with Crippen LogP contribution in [0.2, 0.25) is 0 Å². The van der Waals surface area contributed by atoms with Crippen LogP contribution in [-0.2, 0) is 0 Å². The van der Waals surface area contributed by atoms with Crippen molar-refractivity contribution in [3.8, 4) is 0 Å². The van der Waals surface area contributed by atoms with Crippen LogP contribution in [0, 0.1) is 11.8 Å². The van der Waals surface area contributed by atoms with Gasteiger partial charge in [-0.15, -0.1) is 0 Å². The summed E-state index contributed by atoms with van der Waals surface area (Å²) in [5.41, 5.74) is 7.79. The summed E-state index contributed by atoms with van der Waals surface area (Å²) in [5, 5.41) is 2.85. The maximum atomic E-state index is 13.0. The van der Waals surface area contributed by atoms with E-state index in [9.17, 15) is 9.59 Å². The highest BCUT2D eigenvalue weighted by atomic mass is 16.2. The van der Waals surface area contributed by atoms with E-state index in [1.165, 1.54) is 0 Å². The Balaban J connectivity index is 1.82. The summed E-state index contributed by atoms with van der Waals surface area (Å²) in [6.07, 6.45) is 1.14.